The molecule has 1 aliphatic heterocycles. The summed E-state index contributed by atoms with van der Waals surface area (Å²) in [5.41, 5.74) is 1.67. The summed E-state index contributed by atoms with van der Waals surface area (Å²) in [5.74, 6) is 1.68. The maximum atomic E-state index is 12.9. The zero-order valence-electron chi connectivity index (χ0n) is 12.8. The Morgan fingerprint density at radius 2 is 2.39 bits per heavy atom. The van der Waals surface area contributed by atoms with Gasteiger partial charge in [0, 0.05) is 17.4 Å². The third-order valence-corrected chi connectivity index (χ3v) is 5.66. The molecule has 2 fully saturated rings. The van der Waals surface area contributed by atoms with Crippen LogP contribution in [-0.2, 0) is 0 Å². The molecule has 4 rings (SSSR count). The minimum atomic E-state index is -0.776. The van der Waals surface area contributed by atoms with Gasteiger partial charge in [-0.15, -0.1) is 0 Å². The number of nitriles is 1. The molecule has 0 bridgehead atoms. The number of rotatable bonds is 3. The number of carbonyl (C=O) groups is 1. The molecule has 23 heavy (non-hydrogen) atoms. The lowest BCUT2D eigenvalue weighted by Gasteiger charge is -2.21. The van der Waals surface area contributed by atoms with Gasteiger partial charge in [-0.3, -0.25) is 4.79 Å². The monoisotopic (exact) mass is 328 g/mol. The molecular weight excluding hydrogens is 312 g/mol. The summed E-state index contributed by atoms with van der Waals surface area (Å²) in [4.78, 5) is 17.3. The minimum Gasteiger partial charge on any atom is -0.336 e. The first-order chi connectivity index (χ1) is 11.1. The van der Waals surface area contributed by atoms with E-state index in [9.17, 15) is 10.1 Å². The molecule has 118 valence electrons. The van der Waals surface area contributed by atoms with E-state index in [1.54, 1.807) is 18.7 Å². The van der Waals surface area contributed by atoms with Gasteiger partial charge in [-0.2, -0.15) is 17.0 Å². The highest BCUT2D eigenvalue weighted by molar-refractivity contribution is 7.99. The lowest BCUT2D eigenvalue weighted by atomic mass is 9.99. The molecule has 6 nitrogen and oxygen atoms in total. The molecule has 1 unspecified atom stereocenters. The Bertz CT molecular complexity index is 828. The van der Waals surface area contributed by atoms with Crippen molar-refractivity contribution < 1.29 is 9.32 Å². The van der Waals surface area contributed by atoms with Crippen LogP contribution in [0, 0.1) is 18.3 Å². The Labute approximate surface area is 137 Å². The van der Waals surface area contributed by atoms with Gasteiger partial charge in [0.25, 0.3) is 11.6 Å². The molecular formula is C16H16N4O2S. The van der Waals surface area contributed by atoms with Gasteiger partial charge >= 0.3 is 0 Å². The average Bonchev–Trinajstić information content (AvgIpc) is 3.20. The fourth-order valence-electron chi connectivity index (χ4n) is 2.95. The molecule has 1 atom stereocenters. The third-order valence-electron chi connectivity index (χ3n) is 4.47. The molecule has 1 amide bonds. The Kier molecular flexibility index (Phi) is 3.31. The number of hydrogen-bond acceptors (Lipinski definition) is 6. The number of nitrogens with zero attached hydrogens (tertiary/aromatic N) is 3. The molecule has 2 aromatic heterocycles. The molecule has 0 radical (unpaired) electrons. The van der Waals surface area contributed by atoms with Crippen LogP contribution < -0.4 is 5.32 Å². The van der Waals surface area contributed by atoms with E-state index in [4.69, 9.17) is 4.52 Å². The second-order valence-corrected chi connectivity index (χ2v) is 7.37. The number of aromatic nitrogens is 2. The first kappa shape index (κ1) is 14.5. The SMILES string of the molecule is Cc1noc2nc(C3CC3)cc(C(=O)NC3(C#N)CCSC3)c12. The fourth-order valence-corrected chi connectivity index (χ4v) is 4.21. The highest BCUT2D eigenvalue weighted by Crippen LogP contribution is 2.40. The average molecular weight is 328 g/mol. The van der Waals surface area contributed by atoms with E-state index in [0.29, 0.717) is 40.4 Å². The Morgan fingerprint density at radius 3 is 3.04 bits per heavy atom. The van der Waals surface area contributed by atoms with Crippen LogP contribution in [0.4, 0.5) is 0 Å². The molecule has 0 spiro atoms. The highest BCUT2D eigenvalue weighted by atomic mass is 32.2. The van der Waals surface area contributed by atoms with Crippen molar-refractivity contribution in [2.75, 3.05) is 11.5 Å². The topological polar surface area (TPSA) is 91.8 Å². The maximum absolute atomic E-state index is 12.9. The summed E-state index contributed by atoms with van der Waals surface area (Å²) >= 11 is 1.69. The zero-order valence-corrected chi connectivity index (χ0v) is 13.6. The quantitative estimate of drug-likeness (QED) is 0.931. The highest BCUT2D eigenvalue weighted by Gasteiger charge is 2.37. The summed E-state index contributed by atoms with van der Waals surface area (Å²) in [6, 6.07) is 4.12. The number of thioether (sulfide) groups is 1. The van der Waals surface area contributed by atoms with Gasteiger partial charge in [-0.05, 0) is 38.0 Å². The summed E-state index contributed by atoms with van der Waals surface area (Å²) in [6.07, 6.45) is 2.85. The predicted octanol–water partition coefficient (Wildman–Crippen LogP) is 2.54. The van der Waals surface area contributed by atoms with Crippen molar-refractivity contribution in [3.63, 3.8) is 0 Å². The van der Waals surface area contributed by atoms with Crippen molar-refractivity contribution in [1.82, 2.24) is 15.5 Å². The molecule has 3 heterocycles. The maximum Gasteiger partial charge on any atom is 0.259 e. The Morgan fingerprint density at radius 1 is 1.57 bits per heavy atom. The minimum absolute atomic E-state index is 0.241. The van der Waals surface area contributed by atoms with Gasteiger partial charge in [-0.1, -0.05) is 5.16 Å². The van der Waals surface area contributed by atoms with E-state index in [-0.39, 0.29) is 5.91 Å². The van der Waals surface area contributed by atoms with E-state index in [2.05, 4.69) is 21.5 Å². The van der Waals surface area contributed by atoms with Crippen molar-refractivity contribution in [3.8, 4) is 6.07 Å². The van der Waals surface area contributed by atoms with Gasteiger partial charge in [0.05, 0.1) is 22.7 Å². The van der Waals surface area contributed by atoms with Gasteiger partial charge in [-0.25, -0.2) is 4.98 Å². The normalized spacial score (nSPS) is 23.8. The van der Waals surface area contributed by atoms with Crippen LogP contribution in [0.2, 0.25) is 0 Å². The van der Waals surface area contributed by atoms with Gasteiger partial charge < -0.3 is 9.84 Å². The van der Waals surface area contributed by atoms with Crippen molar-refractivity contribution in [2.45, 2.75) is 37.6 Å². The van der Waals surface area contributed by atoms with E-state index in [1.165, 1.54) is 0 Å². The number of carbonyl (C=O) groups excluding carboxylic acids is 1. The standard InChI is InChI=1S/C16H16N4O2S/c1-9-13-11(14(21)19-16(7-17)4-5-23-8-16)6-12(10-2-3-10)18-15(13)22-20-9/h6,10H,2-5,8H2,1H3,(H,19,21). The van der Waals surface area contributed by atoms with Crippen LogP contribution in [0.3, 0.4) is 0 Å². The van der Waals surface area contributed by atoms with Crippen molar-refractivity contribution in [2.24, 2.45) is 0 Å². The fraction of sp³-hybridized carbons (Fsp3) is 0.500. The van der Waals surface area contributed by atoms with Crippen molar-refractivity contribution in [1.29, 1.82) is 5.26 Å². The molecule has 1 saturated carbocycles. The summed E-state index contributed by atoms with van der Waals surface area (Å²) in [7, 11) is 0. The van der Waals surface area contributed by atoms with Gasteiger partial charge in [0.1, 0.15) is 5.54 Å². The summed E-state index contributed by atoms with van der Waals surface area (Å²) in [6.45, 7) is 1.80. The van der Waals surface area contributed by atoms with Gasteiger partial charge in [0.2, 0.25) is 0 Å². The first-order valence-corrected chi connectivity index (χ1v) is 8.86. The first-order valence-electron chi connectivity index (χ1n) is 7.70. The number of amides is 1. The number of aryl methyl sites for hydroxylation is 1. The number of hydrogen-bond donors (Lipinski definition) is 1. The number of fused-ring (bicyclic) bond motifs is 1. The summed E-state index contributed by atoms with van der Waals surface area (Å²) in [5, 5.41) is 17.0. The van der Waals surface area contributed by atoms with Crippen LogP contribution in [0.1, 0.15) is 46.9 Å². The Hall–Kier alpha value is -2.07. The van der Waals surface area contributed by atoms with Crippen molar-refractivity contribution >= 4 is 28.8 Å². The van der Waals surface area contributed by atoms with Crippen molar-refractivity contribution in [3.05, 3.63) is 23.0 Å². The van der Waals surface area contributed by atoms with Crippen LogP contribution in [0.5, 0.6) is 0 Å². The largest absolute Gasteiger partial charge is 0.336 e. The second kappa shape index (κ2) is 5.24. The van der Waals surface area contributed by atoms with Crippen LogP contribution in [-0.4, -0.2) is 33.1 Å². The second-order valence-electron chi connectivity index (χ2n) is 6.27. The third kappa shape index (κ3) is 2.47. The van der Waals surface area contributed by atoms with Crippen LogP contribution in [0.25, 0.3) is 11.1 Å². The molecule has 7 heteroatoms. The molecule has 2 aliphatic rings. The summed E-state index contributed by atoms with van der Waals surface area (Å²) < 4.78 is 5.27. The van der Waals surface area contributed by atoms with Crippen LogP contribution >= 0.6 is 11.8 Å². The lowest BCUT2D eigenvalue weighted by molar-refractivity contribution is 0.0927. The Balaban J connectivity index is 1.76. The molecule has 1 aliphatic carbocycles. The van der Waals surface area contributed by atoms with E-state index in [0.717, 1.165) is 24.3 Å². The van der Waals surface area contributed by atoms with Gasteiger partial charge in [0.15, 0.2) is 0 Å². The molecule has 2 aromatic rings. The number of pyridine rings is 1. The molecule has 1 N–H and O–H groups in total. The van der Waals surface area contributed by atoms with E-state index in [1.807, 2.05) is 6.07 Å². The predicted molar refractivity (Wildman–Crippen MR) is 86.3 cm³/mol. The molecule has 0 aromatic carbocycles. The van der Waals surface area contributed by atoms with Crippen LogP contribution in [0.15, 0.2) is 10.6 Å². The smallest absolute Gasteiger partial charge is 0.259 e. The van der Waals surface area contributed by atoms with E-state index < -0.39 is 5.54 Å². The molecule has 1 saturated heterocycles. The van der Waals surface area contributed by atoms with E-state index >= 15 is 0 Å². The lowest BCUT2D eigenvalue weighted by Crippen LogP contribution is -2.47. The zero-order chi connectivity index (χ0) is 16.0. The number of nitrogens with one attached hydrogen (secondary N) is 1.